The second-order valence-electron chi connectivity index (χ2n) is 5.82. The van der Waals surface area contributed by atoms with Crippen LogP contribution < -0.4 is 10.1 Å². The van der Waals surface area contributed by atoms with E-state index in [0.717, 1.165) is 17.5 Å². The summed E-state index contributed by atoms with van der Waals surface area (Å²) >= 11 is 0. The van der Waals surface area contributed by atoms with Gasteiger partial charge in [-0.05, 0) is 47.9 Å². The molecule has 0 unspecified atom stereocenters. The number of non-ortho nitro benzene ring substituents is 1. The minimum Gasteiger partial charge on any atom is -0.484 e. The van der Waals surface area contributed by atoms with Crippen LogP contribution in [0.5, 0.6) is 5.75 Å². The molecule has 0 radical (unpaired) electrons. The number of hydrogen-bond acceptors (Lipinski definition) is 5. The number of pyridine rings is 1. The van der Waals surface area contributed by atoms with Gasteiger partial charge in [-0.15, -0.1) is 0 Å². The van der Waals surface area contributed by atoms with Gasteiger partial charge in [-0.3, -0.25) is 19.9 Å². The van der Waals surface area contributed by atoms with Crippen LogP contribution in [-0.4, -0.2) is 22.4 Å². The number of carbonyl (C=O) groups excluding carboxylic acids is 1. The third-order valence-corrected chi connectivity index (χ3v) is 3.79. The average molecular weight is 363 g/mol. The summed E-state index contributed by atoms with van der Waals surface area (Å²) in [5, 5.41) is 13.5. The molecule has 0 atom stereocenters. The van der Waals surface area contributed by atoms with E-state index >= 15 is 0 Å². The number of nitrogens with zero attached hydrogens (tertiary/aromatic N) is 2. The molecule has 1 aromatic heterocycles. The number of nitro benzene ring substituents is 1. The van der Waals surface area contributed by atoms with E-state index in [1.54, 1.807) is 18.5 Å². The average Bonchev–Trinajstić information content (AvgIpc) is 2.69. The van der Waals surface area contributed by atoms with Crippen molar-refractivity contribution in [2.75, 3.05) is 11.9 Å². The number of nitro groups is 1. The fraction of sp³-hybridized carbons (Fsp3) is 0.100. The van der Waals surface area contributed by atoms with E-state index < -0.39 is 4.92 Å². The van der Waals surface area contributed by atoms with Gasteiger partial charge in [-0.2, -0.15) is 0 Å². The Morgan fingerprint density at radius 3 is 2.44 bits per heavy atom. The number of carbonyl (C=O) groups is 1. The van der Waals surface area contributed by atoms with Crippen molar-refractivity contribution in [2.45, 2.75) is 6.42 Å². The first-order valence-corrected chi connectivity index (χ1v) is 8.25. The number of aromatic nitrogens is 1. The fourth-order valence-electron chi connectivity index (χ4n) is 2.48. The van der Waals surface area contributed by atoms with E-state index in [4.69, 9.17) is 4.74 Å². The first-order chi connectivity index (χ1) is 13.1. The first-order valence-electron chi connectivity index (χ1n) is 8.25. The Morgan fingerprint density at radius 2 is 1.74 bits per heavy atom. The van der Waals surface area contributed by atoms with Crippen LogP contribution in [0.4, 0.5) is 11.4 Å². The predicted molar refractivity (Wildman–Crippen MR) is 101 cm³/mol. The lowest BCUT2D eigenvalue weighted by Crippen LogP contribution is -2.20. The van der Waals surface area contributed by atoms with Crippen LogP contribution in [0, 0.1) is 10.1 Å². The molecular formula is C20H17N3O4. The van der Waals surface area contributed by atoms with E-state index in [2.05, 4.69) is 10.3 Å². The highest BCUT2D eigenvalue weighted by Crippen LogP contribution is 2.19. The largest absolute Gasteiger partial charge is 0.484 e. The van der Waals surface area contributed by atoms with Gasteiger partial charge in [-0.25, -0.2) is 0 Å². The molecule has 0 saturated heterocycles. The summed E-state index contributed by atoms with van der Waals surface area (Å²) in [5.74, 6) is -0.0737. The molecule has 7 nitrogen and oxygen atoms in total. The maximum atomic E-state index is 12.0. The van der Waals surface area contributed by atoms with Crippen molar-refractivity contribution in [1.29, 1.82) is 0 Å². The SMILES string of the molecule is O=C(COc1cccc([N+](=O)[O-])c1)Nc1ccc(Cc2ccncc2)cc1. The molecular weight excluding hydrogens is 346 g/mol. The van der Waals surface area contributed by atoms with Crippen molar-refractivity contribution in [2.24, 2.45) is 0 Å². The van der Waals surface area contributed by atoms with Crippen LogP contribution in [0.15, 0.2) is 73.1 Å². The minimum atomic E-state index is -0.513. The molecule has 0 saturated carbocycles. The van der Waals surface area contributed by atoms with Gasteiger partial charge in [0.05, 0.1) is 11.0 Å². The van der Waals surface area contributed by atoms with Crippen LogP contribution in [0.1, 0.15) is 11.1 Å². The standard InChI is InChI=1S/C20H17N3O4/c24-20(14-27-19-3-1-2-18(13-19)23(25)26)22-17-6-4-15(5-7-17)12-16-8-10-21-11-9-16/h1-11,13H,12,14H2,(H,22,24). The molecule has 0 spiro atoms. The molecule has 3 aromatic rings. The second kappa shape index (κ2) is 8.57. The molecule has 0 aliphatic carbocycles. The monoisotopic (exact) mass is 363 g/mol. The third kappa shape index (κ3) is 5.37. The minimum absolute atomic E-state index is 0.0855. The molecule has 3 rings (SSSR count). The molecule has 1 amide bonds. The number of ether oxygens (including phenoxy) is 1. The molecule has 0 aliphatic heterocycles. The van der Waals surface area contributed by atoms with Crippen LogP contribution >= 0.6 is 0 Å². The van der Waals surface area contributed by atoms with Gasteiger partial charge in [0.15, 0.2) is 6.61 Å². The molecule has 0 bridgehead atoms. The molecule has 27 heavy (non-hydrogen) atoms. The Morgan fingerprint density at radius 1 is 1.04 bits per heavy atom. The van der Waals surface area contributed by atoms with Crippen LogP contribution in [0.3, 0.4) is 0 Å². The van der Waals surface area contributed by atoms with Gasteiger partial charge in [0.25, 0.3) is 11.6 Å². The Bertz CT molecular complexity index is 927. The summed E-state index contributed by atoms with van der Waals surface area (Å²) in [7, 11) is 0. The number of benzene rings is 2. The highest BCUT2D eigenvalue weighted by molar-refractivity contribution is 5.91. The number of anilines is 1. The number of rotatable bonds is 7. The van der Waals surface area contributed by atoms with E-state index in [1.807, 2.05) is 36.4 Å². The zero-order chi connectivity index (χ0) is 19.1. The predicted octanol–water partition coefficient (Wildman–Crippen LogP) is 3.60. The second-order valence-corrected chi connectivity index (χ2v) is 5.82. The highest BCUT2D eigenvalue weighted by Gasteiger charge is 2.08. The quantitative estimate of drug-likeness (QED) is 0.511. The summed E-state index contributed by atoms with van der Waals surface area (Å²) in [6.07, 6.45) is 4.29. The zero-order valence-electron chi connectivity index (χ0n) is 14.4. The van der Waals surface area contributed by atoms with Crippen LogP contribution in [0.2, 0.25) is 0 Å². The lowest BCUT2D eigenvalue weighted by Gasteiger charge is -2.08. The lowest BCUT2D eigenvalue weighted by molar-refractivity contribution is -0.384. The Hall–Kier alpha value is -3.74. The molecule has 1 heterocycles. The van der Waals surface area contributed by atoms with Gasteiger partial charge < -0.3 is 10.1 Å². The van der Waals surface area contributed by atoms with E-state index in [9.17, 15) is 14.9 Å². The van der Waals surface area contributed by atoms with Crippen LogP contribution in [0.25, 0.3) is 0 Å². The lowest BCUT2D eigenvalue weighted by atomic mass is 10.1. The van der Waals surface area contributed by atoms with Gasteiger partial charge in [-0.1, -0.05) is 18.2 Å². The number of nitrogens with one attached hydrogen (secondary N) is 1. The maximum Gasteiger partial charge on any atom is 0.273 e. The van der Waals surface area contributed by atoms with Crippen molar-refractivity contribution in [3.8, 4) is 5.75 Å². The summed E-state index contributed by atoms with van der Waals surface area (Å²) in [6, 6.07) is 17.2. The summed E-state index contributed by atoms with van der Waals surface area (Å²) in [6.45, 7) is -0.236. The molecule has 136 valence electrons. The van der Waals surface area contributed by atoms with Crippen molar-refractivity contribution < 1.29 is 14.5 Å². The van der Waals surface area contributed by atoms with Gasteiger partial charge in [0, 0.05) is 24.1 Å². The highest BCUT2D eigenvalue weighted by atomic mass is 16.6. The zero-order valence-corrected chi connectivity index (χ0v) is 14.4. The van der Waals surface area contributed by atoms with E-state index in [0.29, 0.717) is 5.69 Å². The number of amides is 1. The third-order valence-electron chi connectivity index (χ3n) is 3.79. The summed E-state index contributed by atoms with van der Waals surface area (Å²) < 4.78 is 5.31. The smallest absolute Gasteiger partial charge is 0.273 e. The van der Waals surface area contributed by atoms with Crippen molar-refractivity contribution in [3.05, 3.63) is 94.3 Å². The molecule has 0 fully saturated rings. The van der Waals surface area contributed by atoms with Crippen molar-refractivity contribution in [1.82, 2.24) is 4.98 Å². The summed E-state index contributed by atoms with van der Waals surface area (Å²) in [4.78, 5) is 26.2. The Labute approximate surface area is 155 Å². The molecule has 1 N–H and O–H groups in total. The van der Waals surface area contributed by atoms with Crippen LogP contribution in [-0.2, 0) is 11.2 Å². The number of hydrogen-bond donors (Lipinski definition) is 1. The normalized spacial score (nSPS) is 10.2. The fourth-order valence-corrected chi connectivity index (χ4v) is 2.48. The summed E-state index contributed by atoms with van der Waals surface area (Å²) in [5.41, 5.74) is 2.85. The molecule has 2 aromatic carbocycles. The van der Waals surface area contributed by atoms with Gasteiger partial charge >= 0.3 is 0 Å². The first kappa shape index (κ1) is 18.1. The van der Waals surface area contributed by atoms with Crippen molar-refractivity contribution >= 4 is 17.3 Å². The maximum absolute atomic E-state index is 12.0. The van der Waals surface area contributed by atoms with Gasteiger partial charge in [0.1, 0.15) is 5.75 Å². The Balaban J connectivity index is 1.52. The van der Waals surface area contributed by atoms with E-state index in [1.165, 1.54) is 18.2 Å². The molecule has 7 heteroatoms. The Kier molecular flexibility index (Phi) is 5.73. The topological polar surface area (TPSA) is 94.4 Å². The van der Waals surface area contributed by atoms with Crippen molar-refractivity contribution in [3.63, 3.8) is 0 Å². The van der Waals surface area contributed by atoms with E-state index in [-0.39, 0.29) is 24.0 Å². The molecule has 0 aliphatic rings. The van der Waals surface area contributed by atoms with Gasteiger partial charge in [0.2, 0.25) is 0 Å².